The summed E-state index contributed by atoms with van der Waals surface area (Å²) in [6.07, 6.45) is 9.42. The Bertz CT molecular complexity index is 651. The molecule has 0 atom stereocenters. The molecule has 3 rings (SSSR count). The lowest BCUT2D eigenvalue weighted by Gasteiger charge is -2.09. The molecule has 5 radical (unpaired) electrons. The molecule has 93 valence electrons. The first-order valence-electron chi connectivity index (χ1n) is 5.61. The first-order chi connectivity index (χ1) is 9.15. The van der Waals surface area contributed by atoms with E-state index in [9.17, 15) is 10.1 Å². The van der Waals surface area contributed by atoms with Crippen LogP contribution in [0, 0.1) is 41.7 Å². The van der Waals surface area contributed by atoms with Crippen molar-refractivity contribution in [3.8, 4) is 0 Å². The quantitative estimate of drug-likeness (QED) is 0.620. The summed E-state index contributed by atoms with van der Waals surface area (Å²) in [5.74, 6) is 1.03. The van der Waals surface area contributed by atoms with Crippen molar-refractivity contribution in [2.75, 3.05) is 0 Å². The van der Waals surface area contributed by atoms with Gasteiger partial charge in [-0.05, 0) is 43.4 Å². The molecule has 0 unspecified atom stereocenters. The Morgan fingerprint density at radius 1 is 1.16 bits per heavy atom. The number of pyridine rings is 1. The number of hydrogen-bond acceptors (Lipinski definition) is 3. The molecule has 1 aliphatic rings. The predicted molar refractivity (Wildman–Crippen MR) is 73.0 cm³/mol. The van der Waals surface area contributed by atoms with E-state index in [1.807, 2.05) is 31.7 Å². The topological polar surface area (TPSA) is 56.0 Å². The average molecular weight is 272 g/mol. The number of non-ortho nitro benzene ring substituents is 1. The number of fused-ring (bicyclic) bond motifs is 1. The van der Waals surface area contributed by atoms with Gasteiger partial charge in [-0.3, -0.25) is 10.1 Å². The highest BCUT2D eigenvalue weighted by Crippen LogP contribution is 2.34. The summed E-state index contributed by atoms with van der Waals surface area (Å²) in [7, 11) is 0. The van der Waals surface area contributed by atoms with Crippen LogP contribution in [0.3, 0.4) is 0 Å². The Kier molecular flexibility index (Phi) is 3.11. The molecule has 0 aliphatic heterocycles. The van der Waals surface area contributed by atoms with E-state index in [-0.39, 0.29) is 5.69 Å². The second-order valence-corrected chi connectivity index (χ2v) is 4.59. The first-order valence-corrected chi connectivity index (χ1v) is 5.99. The van der Waals surface area contributed by atoms with Crippen LogP contribution in [0.25, 0.3) is 10.9 Å². The number of rotatable bonds is 2. The Labute approximate surface area is 115 Å². The monoisotopic (exact) mass is 271 g/mol. The molecule has 2 aromatic rings. The Morgan fingerprint density at radius 3 is 2.58 bits per heavy atom. The van der Waals surface area contributed by atoms with Gasteiger partial charge in [-0.2, -0.15) is 0 Å². The first kappa shape index (κ1) is 12.4. The smallest absolute Gasteiger partial charge is 0.258 e. The zero-order valence-electron chi connectivity index (χ0n) is 9.71. The number of benzene rings is 1. The van der Waals surface area contributed by atoms with Crippen LogP contribution in [-0.2, 0) is 0 Å². The summed E-state index contributed by atoms with van der Waals surface area (Å²) in [4.78, 5) is 14.7. The van der Waals surface area contributed by atoms with Crippen LogP contribution in [0.5, 0.6) is 0 Å². The maximum Gasteiger partial charge on any atom is 0.296 e. The van der Waals surface area contributed by atoms with Crippen LogP contribution < -0.4 is 0 Å². The van der Waals surface area contributed by atoms with Gasteiger partial charge in [-0.25, -0.2) is 4.98 Å². The summed E-state index contributed by atoms with van der Waals surface area (Å²) in [5, 5.41) is 12.0. The van der Waals surface area contributed by atoms with Crippen molar-refractivity contribution in [3.05, 3.63) is 76.7 Å². The van der Waals surface area contributed by atoms with E-state index in [1.165, 1.54) is 6.07 Å². The van der Waals surface area contributed by atoms with Crippen molar-refractivity contribution in [2.24, 2.45) is 0 Å². The summed E-state index contributed by atoms with van der Waals surface area (Å²) in [5.41, 5.74) is 1.19. The number of hydrogen-bond donors (Lipinski definition) is 0. The Morgan fingerprint density at radius 2 is 1.89 bits per heavy atom. The fourth-order valence-electron chi connectivity index (χ4n) is 2.06. The molecule has 0 amide bonds. The summed E-state index contributed by atoms with van der Waals surface area (Å²) < 4.78 is 0. The number of nitrogens with zero attached hydrogens (tertiary/aromatic N) is 2. The summed E-state index contributed by atoms with van der Waals surface area (Å²) in [6, 6.07) is 4.86. The normalized spacial score (nSPS) is 16.1. The van der Waals surface area contributed by atoms with Crippen molar-refractivity contribution in [1.82, 2.24) is 4.98 Å². The third-order valence-electron chi connectivity index (χ3n) is 2.92. The van der Waals surface area contributed by atoms with Gasteiger partial charge in [0.15, 0.2) is 0 Å². The third-order valence-corrected chi connectivity index (χ3v) is 3.14. The molecule has 5 heteroatoms. The molecule has 4 nitrogen and oxygen atoms in total. The molecule has 0 bridgehead atoms. The van der Waals surface area contributed by atoms with Gasteiger partial charge in [-0.15, -0.1) is 0 Å². The molecule has 1 aromatic carbocycles. The van der Waals surface area contributed by atoms with E-state index >= 15 is 0 Å². The summed E-state index contributed by atoms with van der Waals surface area (Å²) >= 11 is 5.91. The standard InChI is InChI=1S/C14H8ClN2O2/c15-12-6-10-5-11(9-3-1-2-4-9)8-16-14(10)13(7-12)17(18)19/h1-8H. The van der Waals surface area contributed by atoms with E-state index in [0.717, 1.165) is 11.5 Å². The predicted octanol–water partition coefficient (Wildman–Crippen LogP) is 3.55. The van der Waals surface area contributed by atoms with Gasteiger partial charge in [0.1, 0.15) is 5.52 Å². The minimum Gasteiger partial charge on any atom is -0.258 e. The zero-order valence-corrected chi connectivity index (χ0v) is 10.5. The molecular weight excluding hydrogens is 264 g/mol. The molecule has 1 aromatic heterocycles. The summed E-state index contributed by atoms with van der Waals surface area (Å²) in [6.45, 7) is 0. The fourth-order valence-corrected chi connectivity index (χ4v) is 2.28. The lowest BCUT2D eigenvalue weighted by atomic mass is 9.98. The number of nitro benzene ring substituents is 1. The van der Waals surface area contributed by atoms with E-state index < -0.39 is 4.92 Å². The highest BCUT2D eigenvalue weighted by molar-refractivity contribution is 6.31. The van der Waals surface area contributed by atoms with Crippen LogP contribution in [0.2, 0.25) is 5.02 Å². The van der Waals surface area contributed by atoms with Gasteiger partial charge in [0.2, 0.25) is 0 Å². The van der Waals surface area contributed by atoms with E-state index in [1.54, 1.807) is 12.3 Å². The second kappa shape index (κ2) is 4.78. The molecule has 1 fully saturated rings. The average Bonchev–Trinajstić information content (AvgIpc) is 2.90. The molecule has 0 saturated heterocycles. The molecular formula is C14H8ClN2O2. The van der Waals surface area contributed by atoms with Crippen molar-refractivity contribution in [3.63, 3.8) is 0 Å². The van der Waals surface area contributed by atoms with E-state index in [4.69, 9.17) is 11.6 Å². The van der Waals surface area contributed by atoms with Crippen LogP contribution in [0.1, 0.15) is 5.56 Å². The Hall–Kier alpha value is -1.68. The molecule has 1 aliphatic carbocycles. The molecule has 0 N–H and O–H groups in total. The van der Waals surface area contributed by atoms with Gasteiger partial charge < -0.3 is 0 Å². The van der Waals surface area contributed by atoms with Gasteiger partial charge in [-0.1, -0.05) is 11.6 Å². The van der Waals surface area contributed by atoms with Gasteiger partial charge in [0, 0.05) is 28.6 Å². The second-order valence-electron chi connectivity index (χ2n) is 4.15. The van der Waals surface area contributed by atoms with Gasteiger partial charge in [0.25, 0.3) is 5.69 Å². The van der Waals surface area contributed by atoms with E-state index in [2.05, 4.69) is 4.98 Å². The molecule has 1 saturated carbocycles. The van der Waals surface area contributed by atoms with Crippen LogP contribution in [0.15, 0.2) is 24.4 Å². The van der Waals surface area contributed by atoms with Crippen LogP contribution in [-0.4, -0.2) is 9.91 Å². The SMILES string of the molecule is O=[N+]([O-])c1cc(Cl)cc2cc([C]3[CH][CH][CH][CH]3)cnc12. The Balaban J connectivity index is 2.15. The van der Waals surface area contributed by atoms with Crippen molar-refractivity contribution < 1.29 is 4.92 Å². The lowest BCUT2D eigenvalue weighted by molar-refractivity contribution is -0.383. The number of aromatic nitrogens is 1. The number of nitro groups is 1. The minimum absolute atomic E-state index is 0.0726. The maximum atomic E-state index is 11.0. The van der Waals surface area contributed by atoms with E-state index in [0.29, 0.717) is 15.9 Å². The van der Waals surface area contributed by atoms with Crippen LogP contribution in [0.4, 0.5) is 5.69 Å². The maximum absolute atomic E-state index is 11.0. The zero-order chi connectivity index (χ0) is 13.4. The lowest BCUT2D eigenvalue weighted by Crippen LogP contribution is -1.98. The largest absolute Gasteiger partial charge is 0.296 e. The minimum atomic E-state index is -0.469. The van der Waals surface area contributed by atoms with Gasteiger partial charge >= 0.3 is 0 Å². The van der Waals surface area contributed by atoms with Crippen molar-refractivity contribution in [1.29, 1.82) is 0 Å². The number of halogens is 1. The third kappa shape index (κ3) is 2.28. The molecule has 1 heterocycles. The van der Waals surface area contributed by atoms with Gasteiger partial charge in [0.05, 0.1) is 4.92 Å². The molecule has 0 spiro atoms. The fraction of sp³-hybridized carbons (Fsp3) is 0. The molecule has 19 heavy (non-hydrogen) atoms. The highest BCUT2D eigenvalue weighted by atomic mass is 35.5. The van der Waals surface area contributed by atoms with Crippen LogP contribution >= 0.6 is 11.6 Å². The van der Waals surface area contributed by atoms with Crippen molar-refractivity contribution >= 4 is 28.2 Å². The highest BCUT2D eigenvalue weighted by Gasteiger charge is 2.21. The van der Waals surface area contributed by atoms with Crippen molar-refractivity contribution in [2.45, 2.75) is 0 Å².